The maximum atomic E-state index is 14.1. The van der Waals surface area contributed by atoms with E-state index in [1.165, 1.54) is 49.0 Å². The van der Waals surface area contributed by atoms with Crippen LogP contribution < -0.4 is 9.62 Å². The molecule has 2 aromatic carbocycles. The second-order valence-electron chi connectivity index (χ2n) is 13.3. The second kappa shape index (κ2) is 13.6. The monoisotopic (exact) mass is 661 g/mol. The lowest BCUT2D eigenvalue weighted by Gasteiger charge is -2.57. The number of benzene rings is 2. The summed E-state index contributed by atoms with van der Waals surface area (Å²) in [6.45, 7) is 3.99. The van der Waals surface area contributed by atoms with Crippen molar-refractivity contribution < 1.29 is 18.0 Å². The number of anilines is 1. The summed E-state index contributed by atoms with van der Waals surface area (Å²) in [6, 6.07) is 12.0. The number of nitrogens with one attached hydrogen (secondary N) is 1. The SMILES string of the molecule is CCCCNC(=O)C(CC)N(Cc1ccc(Cl)cc1Cl)C(=O)CN(c1ccc(C23CC4CC(CC(C4)C2)C3)cc1)S(C)(=O)=O. The fraction of sp³-hybridized carbons (Fsp3) is 0.588. The normalized spacial score (nSPS) is 24.6. The molecule has 7 nitrogen and oxygen atoms in total. The predicted molar refractivity (Wildman–Crippen MR) is 177 cm³/mol. The van der Waals surface area contributed by atoms with Gasteiger partial charge < -0.3 is 10.2 Å². The lowest BCUT2D eigenvalue weighted by Crippen LogP contribution is -2.52. The van der Waals surface area contributed by atoms with Gasteiger partial charge in [-0.25, -0.2) is 8.42 Å². The molecule has 0 radical (unpaired) electrons. The Hall–Kier alpha value is -2.29. The summed E-state index contributed by atoms with van der Waals surface area (Å²) in [4.78, 5) is 28.8. The molecule has 240 valence electrons. The van der Waals surface area contributed by atoms with Gasteiger partial charge in [-0.05, 0) is 110 Å². The number of amides is 2. The van der Waals surface area contributed by atoms with Crippen LogP contribution in [0.3, 0.4) is 0 Å². The molecule has 4 bridgehead atoms. The highest BCUT2D eigenvalue weighted by Gasteiger charge is 2.51. The first-order valence-corrected chi connectivity index (χ1v) is 18.6. The third-order valence-electron chi connectivity index (χ3n) is 10.1. The molecule has 0 aliphatic heterocycles. The number of carbonyl (C=O) groups excluding carboxylic acids is 2. The van der Waals surface area contributed by atoms with Crippen LogP contribution in [-0.4, -0.2) is 50.5 Å². The fourth-order valence-corrected chi connectivity index (χ4v) is 9.64. The summed E-state index contributed by atoms with van der Waals surface area (Å²) in [6.07, 6.45) is 10.9. The Kier molecular flexibility index (Phi) is 10.2. The lowest BCUT2D eigenvalue weighted by atomic mass is 9.48. The number of hydrogen-bond donors (Lipinski definition) is 1. The minimum atomic E-state index is -3.82. The molecule has 4 aliphatic carbocycles. The van der Waals surface area contributed by atoms with Gasteiger partial charge in [-0.15, -0.1) is 0 Å². The topological polar surface area (TPSA) is 86.8 Å². The van der Waals surface area contributed by atoms with E-state index in [0.717, 1.165) is 41.2 Å². The van der Waals surface area contributed by atoms with Crippen molar-refractivity contribution >= 4 is 50.7 Å². The smallest absolute Gasteiger partial charge is 0.244 e. The summed E-state index contributed by atoms with van der Waals surface area (Å²) in [5, 5.41) is 3.77. The van der Waals surface area contributed by atoms with Gasteiger partial charge in [0, 0.05) is 23.1 Å². The molecule has 1 unspecified atom stereocenters. The number of carbonyl (C=O) groups is 2. The highest BCUT2D eigenvalue weighted by Crippen LogP contribution is 2.60. The van der Waals surface area contributed by atoms with E-state index in [-0.39, 0.29) is 17.9 Å². The van der Waals surface area contributed by atoms with E-state index in [2.05, 4.69) is 17.4 Å². The van der Waals surface area contributed by atoms with Crippen molar-refractivity contribution in [3.63, 3.8) is 0 Å². The van der Waals surface area contributed by atoms with E-state index < -0.39 is 28.5 Å². The van der Waals surface area contributed by atoms with Crippen molar-refractivity contribution in [1.82, 2.24) is 10.2 Å². The van der Waals surface area contributed by atoms with E-state index in [9.17, 15) is 18.0 Å². The summed E-state index contributed by atoms with van der Waals surface area (Å²) < 4.78 is 27.4. The van der Waals surface area contributed by atoms with Gasteiger partial charge in [0.05, 0.1) is 11.9 Å². The van der Waals surface area contributed by atoms with Crippen LogP contribution in [0.4, 0.5) is 5.69 Å². The highest BCUT2D eigenvalue weighted by molar-refractivity contribution is 7.92. The Morgan fingerprint density at radius 3 is 2.11 bits per heavy atom. The molecule has 0 spiro atoms. The molecule has 4 saturated carbocycles. The standard InChI is InChI=1S/C34H45Cl2N3O4S/c1-4-6-13-37-33(41)31(5-2)38(21-26-7-10-28(35)17-30(26)36)32(40)22-39(44(3,42)43)29-11-8-27(9-12-29)34-18-23-14-24(19-34)16-25(15-23)20-34/h7-12,17,23-25,31H,4-6,13-16,18-22H2,1-3H3,(H,37,41). The largest absolute Gasteiger partial charge is 0.354 e. The van der Waals surface area contributed by atoms with Crippen LogP contribution in [0.2, 0.25) is 10.0 Å². The van der Waals surface area contributed by atoms with Crippen molar-refractivity contribution in [2.75, 3.05) is 23.7 Å². The highest BCUT2D eigenvalue weighted by atomic mass is 35.5. The fourth-order valence-electron chi connectivity index (χ4n) is 8.32. The van der Waals surface area contributed by atoms with E-state index in [0.29, 0.717) is 34.3 Å². The molecule has 2 aromatic rings. The quantitative estimate of drug-likeness (QED) is 0.235. The van der Waals surface area contributed by atoms with Crippen molar-refractivity contribution in [2.45, 2.75) is 89.6 Å². The lowest BCUT2D eigenvalue weighted by molar-refractivity contribution is -0.140. The number of nitrogens with zero attached hydrogens (tertiary/aromatic N) is 2. The van der Waals surface area contributed by atoms with E-state index in [1.807, 2.05) is 26.0 Å². The number of unbranched alkanes of at least 4 members (excludes halogenated alkanes) is 1. The van der Waals surface area contributed by atoms with Crippen LogP contribution >= 0.6 is 23.2 Å². The number of halogens is 2. The zero-order valence-corrected chi connectivity index (χ0v) is 28.4. The minimum Gasteiger partial charge on any atom is -0.354 e. The molecule has 6 rings (SSSR count). The predicted octanol–water partition coefficient (Wildman–Crippen LogP) is 6.95. The van der Waals surface area contributed by atoms with Gasteiger partial charge in [0.15, 0.2) is 0 Å². The number of rotatable bonds is 13. The maximum absolute atomic E-state index is 14.1. The zero-order chi connectivity index (χ0) is 31.6. The summed E-state index contributed by atoms with van der Waals surface area (Å²) in [5.74, 6) is 1.65. The average Bonchev–Trinajstić information content (AvgIpc) is 2.96. The van der Waals surface area contributed by atoms with Gasteiger partial charge in [0.2, 0.25) is 21.8 Å². The summed E-state index contributed by atoms with van der Waals surface area (Å²) >= 11 is 12.6. The van der Waals surface area contributed by atoms with E-state index in [4.69, 9.17) is 23.2 Å². The van der Waals surface area contributed by atoms with E-state index in [1.54, 1.807) is 18.2 Å². The summed E-state index contributed by atoms with van der Waals surface area (Å²) in [7, 11) is -3.82. The van der Waals surface area contributed by atoms with Crippen molar-refractivity contribution in [2.24, 2.45) is 17.8 Å². The molecule has 1 N–H and O–H groups in total. The Morgan fingerprint density at radius 2 is 1.59 bits per heavy atom. The first-order valence-electron chi connectivity index (χ1n) is 16.0. The zero-order valence-electron chi connectivity index (χ0n) is 26.0. The molecule has 0 heterocycles. The molecule has 4 fully saturated rings. The molecule has 10 heteroatoms. The molecule has 2 amide bonds. The molecule has 0 aromatic heterocycles. The van der Waals surface area contributed by atoms with Gasteiger partial charge in [-0.1, -0.05) is 61.7 Å². The molecule has 1 atom stereocenters. The van der Waals surface area contributed by atoms with Crippen molar-refractivity contribution in [1.29, 1.82) is 0 Å². The maximum Gasteiger partial charge on any atom is 0.244 e. The Labute approximate surface area is 272 Å². The molecular formula is C34H45Cl2N3O4S. The summed E-state index contributed by atoms with van der Waals surface area (Å²) in [5.41, 5.74) is 2.54. The van der Waals surface area contributed by atoms with Crippen LogP contribution in [0.1, 0.15) is 82.8 Å². The van der Waals surface area contributed by atoms with E-state index >= 15 is 0 Å². The number of hydrogen-bond acceptors (Lipinski definition) is 4. The average molecular weight is 663 g/mol. The molecule has 44 heavy (non-hydrogen) atoms. The minimum absolute atomic E-state index is 0.0388. The van der Waals surface area contributed by atoms with Crippen LogP contribution in [0.5, 0.6) is 0 Å². The van der Waals surface area contributed by atoms with Gasteiger partial charge in [0.25, 0.3) is 0 Å². The Morgan fingerprint density at radius 1 is 0.977 bits per heavy atom. The van der Waals surface area contributed by atoms with Crippen molar-refractivity contribution in [3.05, 3.63) is 63.6 Å². The van der Waals surface area contributed by atoms with Crippen LogP contribution in [0, 0.1) is 17.8 Å². The van der Waals surface area contributed by atoms with Gasteiger partial charge >= 0.3 is 0 Å². The molecular weight excluding hydrogens is 617 g/mol. The molecule has 4 aliphatic rings. The van der Waals surface area contributed by atoms with Crippen LogP contribution in [0.15, 0.2) is 42.5 Å². The van der Waals surface area contributed by atoms with Crippen LogP contribution in [0.25, 0.3) is 0 Å². The van der Waals surface area contributed by atoms with Crippen LogP contribution in [-0.2, 0) is 31.6 Å². The third kappa shape index (κ3) is 7.23. The number of sulfonamides is 1. The molecule has 0 saturated heterocycles. The van der Waals surface area contributed by atoms with Gasteiger partial charge in [-0.3, -0.25) is 13.9 Å². The first kappa shape index (κ1) is 33.1. The third-order valence-corrected chi connectivity index (χ3v) is 11.8. The van der Waals surface area contributed by atoms with Crippen molar-refractivity contribution in [3.8, 4) is 0 Å². The Bertz CT molecular complexity index is 1430. The Balaban J connectivity index is 1.40. The first-order chi connectivity index (χ1) is 20.9. The van der Waals surface area contributed by atoms with Gasteiger partial charge in [-0.2, -0.15) is 0 Å². The second-order valence-corrected chi connectivity index (χ2v) is 16.1. The van der Waals surface area contributed by atoms with Gasteiger partial charge in [0.1, 0.15) is 12.6 Å².